The number of carboxylic acids is 1. The molecule has 228 valence electrons. The Bertz CT molecular complexity index is 1320. The van der Waals surface area contributed by atoms with Gasteiger partial charge in [0, 0.05) is 12.1 Å². The molecular formula is C31H41N3O8. The lowest BCUT2D eigenvalue weighted by atomic mass is 9.46. The van der Waals surface area contributed by atoms with Crippen molar-refractivity contribution in [2.45, 2.75) is 89.9 Å². The standard InChI is InChI=1S/C31H41N3O8/c1-29-12-9-20(16-19(29)7-8-22-23(29)10-13-30(2)24(22)11-14-31(30,3)39)33-42-17-25(35)32-26(28(37)38)27(36)18-5-4-6-21(15-18)34(40)41/h4-6,15-16,22-24,26-27,36,39H,7-14,17H2,1-3H3,(H,32,35)(H,37,38)/b33-20+/t22-,23?,24?,26?,27?,29+,30+,31+/m0/s1. The number of hydrogen-bond donors (Lipinski definition) is 4. The number of amides is 1. The number of carboxylic acid groups (broad SMARTS) is 1. The largest absolute Gasteiger partial charge is 0.480 e. The summed E-state index contributed by atoms with van der Waals surface area (Å²) in [5.41, 5.74) is 1.25. The predicted octanol–water partition coefficient (Wildman–Crippen LogP) is 4.28. The SMILES string of the molecule is C[C@@]12CC/C(=N\OCC(=O)NC(C(=O)O)C(O)c3cccc([N+](=O)[O-])c3)C=C1CC[C@H]1C2CC[C@]2(C)C1CC[C@@]2(C)O. The van der Waals surface area contributed by atoms with Gasteiger partial charge < -0.3 is 25.5 Å². The minimum Gasteiger partial charge on any atom is -0.480 e. The Morgan fingerprint density at radius 1 is 1.14 bits per heavy atom. The van der Waals surface area contributed by atoms with E-state index in [4.69, 9.17) is 4.84 Å². The van der Waals surface area contributed by atoms with Crippen molar-refractivity contribution >= 4 is 23.3 Å². The fourth-order valence-electron chi connectivity index (χ4n) is 8.57. The Morgan fingerprint density at radius 2 is 1.88 bits per heavy atom. The summed E-state index contributed by atoms with van der Waals surface area (Å²) in [5.74, 6) is -0.555. The number of rotatable bonds is 8. The van der Waals surface area contributed by atoms with Crippen LogP contribution in [0.5, 0.6) is 0 Å². The number of non-ortho nitro benzene ring substituents is 1. The van der Waals surface area contributed by atoms with Gasteiger partial charge in [0.2, 0.25) is 0 Å². The van der Waals surface area contributed by atoms with Gasteiger partial charge in [0.25, 0.3) is 11.6 Å². The van der Waals surface area contributed by atoms with E-state index in [2.05, 4.69) is 30.4 Å². The van der Waals surface area contributed by atoms with Crippen LogP contribution in [0.15, 0.2) is 41.1 Å². The number of carbonyl (C=O) groups excluding carboxylic acids is 1. The van der Waals surface area contributed by atoms with Crippen LogP contribution in [0.4, 0.5) is 5.69 Å². The molecule has 0 radical (unpaired) electrons. The van der Waals surface area contributed by atoms with Gasteiger partial charge in [0.1, 0.15) is 6.10 Å². The molecular weight excluding hydrogens is 542 g/mol. The number of carbonyl (C=O) groups is 2. The first-order chi connectivity index (χ1) is 19.8. The molecule has 3 fully saturated rings. The molecule has 8 atom stereocenters. The summed E-state index contributed by atoms with van der Waals surface area (Å²) in [6, 6.07) is 3.24. The van der Waals surface area contributed by atoms with Crippen LogP contribution in [0.1, 0.15) is 83.8 Å². The maximum Gasteiger partial charge on any atom is 0.329 e. The Kier molecular flexibility index (Phi) is 7.95. The summed E-state index contributed by atoms with van der Waals surface area (Å²) >= 11 is 0. The Hall–Kier alpha value is -3.31. The molecule has 5 rings (SSSR count). The molecule has 0 spiro atoms. The van der Waals surface area contributed by atoms with E-state index < -0.39 is 41.2 Å². The number of nitrogens with one attached hydrogen (secondary N) is 1. The molecule has 4 aliphatic carbocycles. The lowest BCUT2D eigenvalue weighted by Crippen LogP contribution is -2.53. The van der Waals surface area contributed by atoms with Crippen molar-refractivity contribution in [2.75, 3.05) is 6.61 Å². The van der Waals surface area contributed by atoms with Crippen LogP contribution in [0.3, 0.4) is 0 Å². The monoisotopic (exact) mass is 583 g/mol. The molecule has 0 heterocycles. The van der Waals surface area contributed by atoms with Crippen LogP contribution in [-0.2, 0) is 14.4 Å². The van der Waals surface area contributed by atoms with E-state index >= 15 is 0 Å². The minimum atomic E-state index is -1.73. The smallest absolute Gasteiger partial charge is 0.329 e. The van der Waals surface area contributed by atoms with Crippen molar-refractivity contribution in [3.8, 4) is 0 Å². The van der Waals surface area contributed by atoms with Crippen molar-refractivity contribution in [3.63, 3.8) is 0 Å². The van der Waals surface area contributed by atoms with Gasteiger partial charge in [-0.15, -0.1) is 0 Å². The molecule has 42 heavy (non-hydrogen) atoms. The van der Waals surface area contributed by atoms with E-state index in [1.54, 1.807) is 0 Å². The molecule has 3 saturated carbocycles. The maximum absolute atomic E-state index is 12.5. The van der Waals surface area contributed by atoms with E-state index in [9.17, 15) is 35.0 Å². The second-order valence-electron chi connectivity index (χ2n) is 13.3. The summed E-state index contributed by atoms with van der Waals surface area (Å²) in [5, 5.41) is 48.7. The number of nitrogens with zero attached hydrogens (tertiary/aromatic N) is 2. The Morgan fingerprint density at radius 3 is 2.60 bits per heavy atom. The molecule has 1 aromatic carbocycles. The molecule has 4 aliphatic rings. The molecule has 0 bridgehead atoms. The van der Waals surface area contributed by atoms with Crippen LogP contribution in [0.25, 0.3) is 0 Å². The number of aliphatic hydroxyl groups is 2. The van der Waals surface area contributed by atoms with Crippen molar-refractivity contribution in [1.29, 1.82) is 0 Å². The quantitative estimate of drug-likeness (QED) is 0.259. The number of benzene rings is 1. The zero-order valence-corrected chi connectivity index (χ0v) is 24.4. The van der Waals surface area contributed by atoms with E-state index in [1.807, 2.05) is 6.92 Å². The fourth-order valence-corrected chi connectivity index (χ4v) is 8.57. The third-order valence-electron chi connectivity index (χ3n) is 11.2. The first-order valence-electron chi connectivity index (χ1n) is 14.8. The maximum atomic E-state index is 12.5. The van der Waals surface area contributed by atoms with Crippen molar-refractivity contribution in [1.82, 2.24) is 5.32 Å². The molecule has 1 amide bonds. The minimum absolute atomic E-state index is 0.00874. The van der Waals surface area contributed by atoms with Gasteiger partial charge in [0.15, 0.2) is 12.6 Å². The predicted molar refractivity (Wildman–Crippen MR) is 153 cm³/mol. The zero-order valence-electron chi connectivity index (χ0n) is 24.4. The highest BCUT2D eigenvalue weighted by Crippen LogP contribution is 2.67. The van der Waals surface area contributed by atoms with Crippen LogP contribution in [-0.4, -0.2) is 56.1 Å². The molecule has 4 unspecified atom stereocenters. The second kappa shape index (κ2) is 11.1. The highest BCUT2D eigenvalue weighted by molar-refractivity contribution is 5.96. The van der Waals surface area contributed by atoms with Crippen molar-refractivity contribution in [3.05, 3.63) is 51.6 Å². The molecule has 1 aromatic rings. The van der Waals surface area contributed by atoms with Crippen molar-refractivity contribution < 1.29 is 34.7 Å². The highest BCUT2D eigenvalue weighted by Gasteiger charge is 2.62. The summed E-state index contributed by atoms with van der Waals surface area (Å²) in [6.07, 6.45) is 8.22. The van der Waals surface area contributed by atoms with Gasteiger partial charge in [0.05, 0.1) is 16.2 Å². The number of nitro benzene ring substituents is 1. The molecule has 0 saturated heterocycles. The highest BCUT2D eigenvalue weighted by atomic mass is 16.6. The number of aliphatic carboxylic acids is 1. The lowest BCUT2D eigenvalue weighted by Gasteiger charge is -2.59. The van der Waals surface area contributed by atoms with Crippen LogP contribution >= 0.6 is 0 Å². The van der Waals surface area contributed by atoms with Crippen LogP contribution < -0.4 is 5.32 Å². The van der Waals surface area contributed by atoms with Gasteiger partial charge in [-0.2, -0.15) is 0 Å². The van der Waals surface area contributed by atoms with Crippen LogP contribution in [0.2, 0.25) is 0 Å². The third kappa shape index (κ3) is 5.21. The summed E-state index contributed by atoms with van der Waals surface area (Å²) in [7, 11) is 0. The molecule has 0 aliphatic heterocycles. The van der Waals surface area contributed by atoms with Gasteiger partial charge in [-0.1, -0.05) is 36.7 Å². The Balaban J connectivity index is 1.20. The van der Waals surface area contributed by atoms with E-state index in [-0.39, 0.29) is 22.1 Å². The van der Waals surface area contributed by atoms with E-state index in [0.29, 0.717) is 24.2 Å². The van der Waals surface area contributed by atoms with E-state index in [1.165, 1.54) is 23.8 Å². The number of oxime groups is 1. The number of fused-ring (bicyclic) bond motifs is 5. The topological polar surface area (TPSA) is 172 Å². The first kappa shape index (κ1) is 30.2. The third-order valence-corrected chi connectivity index (χ3v) is 11.2. The fraction of sp³-hybridized carbons (Fsp3) is 0.645. The Labute approximate surface area is 245 Å². The molecule has 0 aromatic heterocycles. The normalized spacial score (nSPS) is 36.1. The first-order valence-corrected chi connectivity index (χ1v) is 14.8. The van der Waals surface area contributed by atoms with Gasteiger partial charge in [-0.3, -0.25) is 14.9 Å². The van der Waals surface area contributed by atoms with E-state index in [0.717, 1.165) is 56.7 Å². The molecule has 4 N–H and O–H groups in total. The summed E-state index contributed by atoms with van der Waals surface area (Å²) < 4.78 is 0. The zero-order chi connectivity index (χ0) is 30.4. The number of allylic oxidation sites excluding steroid dienone is 2. The second-order valence-corrected chi connectivity index (χ2v) is 13.3. The van der Waals surface area contributed by atoms with Gasteiger partial charge >= 0.3 is 5.97 Å². The molecule has 11 heteroatoms. The average Bonchev–Trinajstić information content (AvgIpc) is 3.19. The summed E-state index contributed by atoms with van der Waals surface area (Å²) in [4.78, 5) is 39.9. The number of hydrogen-bond acceptors (Lipinski definition) is 8. The summed E-state index contributed by atoms with van der Waals surface area (Å²) in [6.45, 7) is 6.14. The average molecular weight is 584 g/mol. The number of nitro groups is 1. The lowest BCUT2D eigenvalue weighted by molar-refractivity contribution is -0.385. The molecule has 11 nitrogen and oxygen atoms in total. The van der Waals surface area contributed by atoms with Gasteiger partial charge in [-0.25, -0.2) is 4.79 Å². The van der Waals surface area contributed by atoms with Gasteiger partial charge in [-0.05, 0) is 98.5 Å². The van der Waals surface area contributed by atoms with Crippen molar-refractivity contribution in [2.24, 2.45) is 33.7 Å². The van der Waals surface area contributed by atoms with Crippen LogP contribution in [0, 0.1) is 38.7 Å². The number of aliphatic hydroxyl groups excluding tert-OH is 1.